The monoisotopic (exact) mass is 249 g/mol. The van der Waals surface area contributed by atoms with Crippen molar-refractivity contribution in [2.24, 2.45) is 0 Å². The van der Waals surface area contributed by atoms with E-state index < -0.39 is 9.84 Å². The highest BCUT2D eigenvalue weighted by Crippen LogP contribution is 2.13. The van der Waals surface area contributed by atoms with Crippen LogP contribution in [0.1, 0.15) is 32.6 Å². The molecule has 1 aliphatic rings. The molecule has 0 aromatic heterocycles. The van der Waals surface area contributed by atoms with Crippen LogP contribution in [0.15, 0.2) is 0 Å². The van der Waals surface area contributed by atoms with Crippen LogP contribution in [0.5, 0.6) is 0 Å². The Morgan fingerprint density at radius 1 is 1.50 bits per heavy atom. The molecule has 1 fully saturated rings. The summed E-state index contributed by atoms with van der Waals surface area (Å²) in [5, 5.41) is 3.40. The van der Waals surface area contributed by atoms with Crippen molar-refractivity contribution in [3.8, 4) is 0 Å². The molecule has 1 heterocycles. The molecular formula is C11H23NO3S. The Balaban J connectivity index is 2.36. The van der Waals surface area contributed by atoms with E-state index >= 15 is 0 Å². The largest absolute Gasteiger partial charge is 0.383 e. The molecule has 0 aliphatic carbocycles. The Bertz CT molecular complexity index is 290. The van der Waals surface area contributed by atoms with E-state index in [9.17, 15) is 8.42 Å². The summed E-state index contributed by atoms with van der Waals surface area (Å²) < 4.78 is 27.8. The Kier molecular flexibility index (Phi) is 5.72. The summed E-state index contributed by atoms with van der Waals surface area (Å²) in [7, 11) is -1.09. The molecule has 0 radical (unpaired) electrons. The maximum absolute atomic E-state index is 11.3. The molecule has 1 saturated heterocycles. The summed E-state index contributed by atoms with van der Waals surface area (Å²) in [5.74, 6) is 0.623. The average molecular weight is 249 g/mol. The van der Waals surface area contributed by atoms with Gasteiger partial charge in [-0.15, -0.1) is 0 Å². The quantitative estimate of drug-likeness (QED) is 0.730. The zero-order valence-electron chi connectivity index (χ0n) is 10.2. The third kappa shape index (κ3) is 4.80. The molecule has 96 valence electrons. The van der Waals surface area contributed by atoms with Gasteiger partial charge < -0.3 is 10.1 Å². The second-order valence-corrected chi connectivity index (χ2v) is 6.79. The van der Waals surface area contributed by atoms with Crippen LogP contribution in [0.2, 0.25) is 0 Å². The van der Waals surface area contributed by atoms with Gasteiger partial charge in [0.2, 0.25) is 0 Å². The lowest BCUT2D eigenvalue weighted by atomic mass is 10.1. The number of hydrogen-bond acceptors (Lipinski definition) is 4. The molecule has 4 nitrogen and oxygen atoms in total. The number of ether oxygens (including phenoxy) is 1. The minimum atomic E-state index is -2.78. The summed E-state index contributed by atoms with van der Waals surface area (Å²) in [6.45, 7) is 2.82. The van der Waals surface area contributed by atoms with Crippen molar-refractivity contribution in [1.29, 1.82) is 0 Å². The zero-order valence-corrected chi connectivity index (χ0v) is 11.1. The van der Waals surface area contributed by atoms with Gasteiger partial charge in [-0.2, -0.15) is 0 Å². The molecule has 0 unspecified atom stereocenters. The summed E-state index contributed by atoms with van der Waals surface area (Å²) in [4.78, 5) is 0. The van der Waals surface area contributed by atoms with Crippen LogP contribution >= 0.6 is 0 Å². The first-order chi connectivity index (χ1) is 7.57. The Morgan fingerprint density at radius 2 is 2.25 bits per heavy atom. The van der Waals surface area contributed by atoms with Gasteiger partial charge in [-0.25, -0.2) is 8.42 Å². The summed E-state index contributed by atoms with van der Waals surface area (Å²) in [6.07, 6.45) is 4.11. The van der Waals surface area contributed by atoms with Crippen molar-refractivity contribution < 1.29 is 13.2 Å². The minimum absolute atomic E-state index is 0.127. The first-order valence-corrected chi connectivity index (χ1v) is 7.85. The number of rotatable bonds is 7. The fraction of sp³-hybridized carbons (Fsp3) is 1.00. The van der Waals surface area contributed by atoms with E-state index in [0.29, 0.717) is 24.2 Å². The lowest BCUT2D eigenvalue weighted by Crippen LogP contribution is -2.41. The number of hydrogen-bond donors (Lipinski definition) is 1. The van der Waals surface area contributed by atoms with Crippen molar-refractivity contribution in [1.82, 2.24) is 5.32 Å². The topological polar surface area (TPSA) is 55.4 Å². The predicted molar refractivity (Wildman–Crippen MR) is 65.4 cm³/mol. The van der Waals surface area contributed by atoms with Crippen LogP contribution in [0.25, 0.3) is 0 Å². The summed E-state index contributed by atoms with van der Waals surface area (Å²) in [6, 6.07) is 0.422. The fourth-order valence-corrected chi connectivity index (χ4v) is 3.81. The first kappa shape index (κ1) is 13.9. The van der Waals surface area contributed by atoms with Crippen molar-refractivity contribution >= 4 is 9.84 Å². The fourth-order valence-electron chi connectivity index (χ4n) is 2.13. The molecule has 5 heteroatoms. The summed E-state index contributed by atoms with van der Waals surface area (Å²) >= 11 is 0. The predicted octanol–water partition coefficient (Wildman–Crippen LogP) is 0.968. The van der Waals surface area contributed by atoms with Crippen LogP contribution in [0, 0.1) is 0 Å². The molecule has 0 aromatic rings. The standard InChI is InChI=1S/C11H23NO3S/c1-3-4-5-10(8-15-2)12-11-6-7-16(13,14)9-11/h10-12H,3-9H2,1-2H3/t10-,11+/m0/s1. The second-order valence-electron chi connectivity index (χ2n) is 4.56. The van der Waals surface area contributed by atoms with Gasteiger partial charge in [0.15, 0.2) is 9.84 Å². The number of methoxy groups -OCH3 is 1. The van der Waals surface area contributed by atoms with E-state index in [1.807, 2.05) is 0 Å². The van der Waals surface area contributed by atoms with Gasteiger partial charge in [-0.05, 0) is 12.8 Å². The Morgan fingerprint density at radius 3 is 2.75 bits per heavy atom. The van der Waals surface area contributed by atoms with Crippen LogP contribution in [-0.2, 0) is 14.6 Å². The highest BCUT2D eigenvalue weighted by Gasteiger charge is 2.29. The SMILES string of the molecule is CCCC[C@@H](COC)N[C@@H]1CCS(=O)(=O)C1. The number of unbranched alkanes of at least 4 members (excludes halogenated alkanes) is 1. The molecular weight excluding hydrogens is 226 g/mol. The second kappa shape index (κ2) is 6.57. The van der Waals surface area contributed by atoms with Gasteiger partial charge in [0.05, 0.1) is 18.1 Å². The highest BCUT2D eigenvalue weighted by molar-refractivity contribution is 7.91. The third-order valence-electron chi connectivity index (χ3n) is 2.98. The first-order valence-electron chi connectivity index (χ1n) is 6.03. The molecule has 1 rings (SSSR count). The maximum Gasteiger partial charge on any atom is 0.151 e. The van der Waals surface area contributed by atoms with E-state index in [2.05, 4.69) is 12.2 Å². The zero-order chi connectivity index (χ0) is 12.0. The van der Waals surface area contributed by atoms with Crippen LogP contribution < -0.4 is 5.32 Å². The van der Waals surface area contributed by atoms with Crippen molar-refractivity contribution in [2.45, 2.75) is 44.7 Å². The van der Waals surface area contributed by atoms with Crippen molar-refractivity contribution in [3.63, 3.8) is 0 Å². The molecule has 1 N–H and O–H groups in total. The van der Waals surface area contributed by atoms with E-state index in [4.69, 9.17) is 4.74 Å². The molecule has 16 heavy (non-hydrogen) atoms. The third-order valence-corrected chi connectivity index (χ3v) is 4.75. The molecule has 0 bridgehead atoms. The van der Waals surface area contributed by atoms with E-state index in [0.717, 1.165) is 25.7 Å². The van der Waals surface area contributed by atoms with E-state index in [1.165, 1.54) is 0 Å². The molecule has 1 aliphatic heterocycles. The smallest absolute Gasteiger partial charge is 0.151 e. The lowest BCUT2D eigenvalue weighted by molar-refractivity contribution is 0.156. The molecule has 0 saturated carbocycles. The van der Waals surface area contributed by atoms with Crippen LogP contribution in [0.3, 0.4) is 0 Å². The normalized spacial score (nSPS) is 25.8. The average Bonchev–Trinajstić information content (AvgIpc) is 2.55. The maximum atomic E-state index is 11.3. The number of nitrogens with one attached hydrogen (secondary N) is 1. The Hall–Kier alpha value is -0.130. The van der Waals surface area contributed by atoms with E-state index in [-0.39, 0.29) is 6.04 Å². The minimum Gasteiger partial charge on any atom is -0.383 e. The van der Waals surface area contributed by atoms with Gasteiger partial charge in [0.25, 0.3) is 0 Å². The van der Waals surface area contributed by atoms with Gasteiger partial charge in [-0.3, -0.25) is 0 Å². The van der Waals surface area contributed by atoms with Crippen LogP contribution in [0.4, 0.5) is 0 Å². The summed E-state index contributed by atoms with van der Waals surface area (Å²) in [5.41, 5.74) is 0. The van der Waals surface area contributed by atoms with Crippen LogP contribution in [-0.4, -0.2) is 45.7 Å². The van der Waals surface area contributed by atoms with Crippen molar-refractivity contribution in [3.05, 3.63) is 0 Å². The number of sulfone groups is 1. The van der Waals surface area contributed by atoms with Gasteiger partial charge in [-0.1, -0.05) is 19.8 Å². The van der Waals surface area contributed by atoms with Crippen molar-refractivity contribution in [2.75, 3.05) is 25.2 Å². The highest BCUT2D eigenvalue weighted by atomic mass is 32.2. The lowest BCUT2D eigenvalue weighted by Gasteiger charge is -2.21. The molecule has 2 atom stereocenters. The molecule has 0 amide bonds. The molecule has 0 spiro atoms. The van der Waals surface area contributed by atoms with Gasteiger partial charge in [0.1, 0.15) is 0 Å². The van der Waals surface area contributed by atoms with E-state index in [1.54, 1.807) is 7.11 Å². The molecule has 0 aromatic carbocycles. The van der Waals surface area contributed by atoms with Gasteiger partial charge >= 0.3 is 0 Å². The Labute approximate surface area is 98.7 Å². The van der Waals surface area contributed by atoms with Gasteiger partial charge in [0, 0.05) is 19.2 Å².